The first-order valence-corrected chi connectivity index (χ1v) is 7.83. The first kappa shape index (κ1) is 19.1. The maximum Gasteiger partial charge on any atom is 0.347 e. The van der Waals surface area contributed by atoms with Gasteiger partial charge in [0.25, 0.3) is 5.69 Å². The number of cyclic esters (lactones) is 1. The van der Waals surface area contributed by atoms with Crippen LogP contribution in [0.5, 0.6) is 0 Å². The van der Waals surface area contributed by atoms with Crippen molar-refractivity contribution in [3.63, 3.8) is 0 Å². The predicted octanol–water partition coefficient (Wildman–Crippen LogP) is 1.79. The van der Waals surface area contributed by atoms with Crippen molar-refractivity contribution in [2.45, 2.75) is 26.4 Å². The third-order valence-corrected chi connectivity index (χ3v) is 3.82. The Morgan fingerprint density at radius 1 is 1.12 bits per heavy atom. The second-order valence-electron chi connectivity index (χ2n) is 5.42. The quantitative estimate of drug-likeness (QED) is 0.246. The molecule has 0 aromatic heterocycles. The zero-order valence-electron chi connectivity index (χ0n) is 14.4. The molecule has 9 heteroatoms. The Balaban J connectivity index is 2.61. The van der Waals surface area contributed by atoms with Crippen molar-refractivity contribution in [2.75, 3.05) is 13.2 Å². The maximum absolute atomic E-state index is 12.4. The third kappa shape index (κ3) is 3.28. The van der Waals surface area contributed by atoms with Gasteiger partial charge in [-0.1, -0.05) is 0 Å². The zero-order chi connectivity index (χ0) is 19.5. The number of esters is 3. The number of carbonyl (C=O) groups is 3. The van der Waals surface area contributed by atoms with Gasteiger partial charge < -0.3 is 14.2 Å². The second kappa shape index (κ2) is 7.34. The average Bonchev–Trinajstić information content (AvgIpc) is 2.87. The van der Waals surface area contributed by atoms with Crippen LogP contribution in [-0.4, -0.2) is 36.0 Å². The van der Waals surface area contributed by atoms with Gasteiger partial charge in [0.1, 0.15) is 5.57 Å². The van der Waals surface area contributed by atoms with Crippen molar-refractivity contribution in [3.05, 3.63) is 51.1 Å². The number of nitro groups is 1. The van der Waals surface area contributed by atoms with E-state index < -0.39 is 34.0 Å². The minimum Gasteiger partial charge on any atom is -0.462 e. The zero-order valence-corrected chi connectivity index (χ0v) is 14.4. The van der Waals surface area contributed by atoms with Gasteiger partial charge in [-0.05, 0) is 32.9 Å². The number of hydrogen-bond donors (Lipinski definition) is 0. The summed E-state index contributed by atoms with van der Waals surface area (Å²) in [5.41, 5.74) is -2.36. The number of rotatable bonds is 6. The van der Waals surface area contributed by atoms with Crippen LogP contribution in [0.25, 0.3) is 0 Å². The summed E-state index contributed by atoms with van der Waals surface area (Å²) in [6, 6.07) is 5.11. The van der Waals surface area contributed by atoms with Gasteiger partial charge in [0.05, 0.1) is 18.1 Å². The molecule has 1 unspecified atom stereocenters. The first-order chi connectivity index (χ1) is 12.3. The van der Waals surface area contributed by atoms with Gasteiger partial charge in [-0.15, -0.1) is 0 Å². The van der Waals surface area contributed by atoms with Gasteiger partial charge in [0, 0.05) is 17.7 Å². The molecule has 0 saturated carbocycles. The molecule has 0 radical (unpaired) electrons. The molecular weight excluding hydrogens is 346 g/mol. The number of non-ortho nitro benzene ring substituents is 1. The highest BCUT2D eigenvalue weighted by Crippen LogP contribution is 2.42. The lowest BCUT2D eigenvalue weighted by Gasteiger charge is -2.25. The molecule has 0 fully saturated rings. The fraction of sp³-hybridized carbons (Fsp3) is 0.353. The lowest BCUT2D eigenvalue weighted by molar-refractivity contribution is -0.384. The molecule has 1 aromatic rings. The maximum atomic E-state index is 12.4. The van der Waals surface area contributed by atoms with Gasteiger partial charge in [-0.2, -0.15) is 0 Å². The van der Waals surface area contributed by atoms with E-state index in [4.69, 9.17) is 14.2 Å². The van der Waals surface area contributed by atoms with E-state index in [0.717, 1.165) is 0 Å². The minimum absolute atomic E-state index is 0.0000350. The van der Waals surface area contributed by atoms with Gasteiger partial charge in [-0.25, -0.2) is 14.4 Å². The van der Waals surface area contributed by atoms with Crippen molar-refractivity contribution < 1.29 is 33.5 Å². The van der Waals surface area contributed by atoms with Crippen molar-refractivity contribution in [2.24, 2.45) is 0 Å². The molecule has 2 rings (SSSR count). The van der Waals surface area contributed by atoms with Crippen LogP contribution in [0.4, 0.5) is 5.69 Å². The standard InChI is InChI=1S/C17H17NO8/c1-4-24-14(19)12-13(16(21)25-5-2)17(3,26-15(12)20)10-6-8-11(9-7-10)18(22)23/h6-9H,4-5H2,1-3H3. The number of nitrogens with zero attached hydrogens (tertiary/aromatic N) is 1. The fourth-order valence-corrected chi connectivity index (χ4v) is 2.62. The highest BCUT2D eigenvalue weighted by atomic mass is 16.6. The van der Waals surface area contributed by atoms with E-state index in [-0.39, 0.29) is 30.0 Å². The van der Waals surface area contributed by atoms with Crippen LogP contribution < -0.4 is 0 Å². The fourth-order valence-electron chi connectivity index (χ4n) is 2.62. The Hall–Kier alpha value is -3.23. The molecule has 0 amide bonds. The molecule has 1 aliphatic heterocycles. The Morgan fingerprint density at radius 2 is 1.65 bits per heavy atom. The van der Waals surface area contributed by atoms with Crippen molar-refractivity contribution in [1.82, 2.24) is 0 Å². The average molecular weight is 363 g/mol. The monoisotopic (exact) mass is 363 g/mol. The summed E-state index contributed by atoms with van der Waals surface area (Å²) in [4.78, 5) is 47.1. The summed E-state index contributed by atoms with van der Waals surface area (Å²) in [7, 11) is 0. The number of nitro benzene ring substituents is 1. The molecule has 26 heavy (non-hydrogen) atoms. The molecule has 1 heterocycles. The second-order valence-corrected chi connectivity index (χ2v) is 5.42. The van der Waals surface area contributed by atoms with Crippen molar-refractivity contribution >= 4 is 23.6 Å². The molecule has 1 atom stereocenters. The molecule has 0 saturated heterocycles. The van der Waals surface area contributed by atoms with Crippen molar-refractivity contribution in [3.8, 4) is 0 Å². The molecule has 1 aromatic carbocycles. The summed E-state index contributed by atoms with van der Waals surface area (Å²) in [6.07, 6.45) is 0. The van der Waals surface area contributed by atoms with Crippen LogP contribution in [0.1, 0.15) is 26.3 Å². The molecule has 0 N–H and O–H groups in total. The summed E-state index contributed by atoms with van der Waals surface area (Å²) in [5.74, 6) is -2.92. The summed E-state index contributed by atoms with van der Waals surface area (Å²) >= 11 is 0. The van der Waals surface area contributed by atoms with Crippen molar-refractivity contribution in [1.29, 1.82) is 0 Å². The Kier molecular flexibility index (Phi) is 5.39. The molecule has 1 aliphatic rings. The van der Waals surface area contributed by atoms with Gasteiger partial charge >= 0.3 is 17.9 Å². The van der Waals surface area contributed by atoms with Gasteiger partial charge in [0.2, 0.25) is 0 Å². The Labute approximate surface area is 148 Å². The highest BCUT2D eigenvalue weighted by Gasteiger charge is 2.52. The number of carbonyl (C=O) groups excluding carboxylic acids is 3. The third-order valence-electron chi connectivity index (χ3n) is 3.82. The number of benzene rings is 1. The van der Waals surface area contributed by atoms with Crippen LogP contribution >= 0.6 is 0 Å². The molecule has 9 nitrogen and oxygen atoms in total. The summed E-state index contributed by atoms with van der Waals surface area (Å²) in [6.45, 7) is 4.55. The number of hydrogen-bond acceptors (Lipinski definition) is 8. The van der Waals surface area contributed by atoms with E-state index >= 15 is 0 Å². The van der Waals surface area contributed by atoms with Crippen LogP contribution in [-0.2, 0) is 34.2 Å². The van der Waals surface area contributed by atoms with Gasteiger partial charge in [-0.3, -0.25) is 10.1 Å². The molecule has 0 aliphatic carbocycles. The Bertz CT molecular complexity index is 795. The van der Waals surface area contributed by atoms with E-state index in [9.17, 15) is 24.5 Å². The lowest BCUT2D eigenvalue weighted by Crippen LogP contribution is -2.30. The van der Waals surface area contributed by atoms with Crippen LogP contribution in [0.3, 0.4) is 0 Å². The van der Waals surface area contributed by atoms with E-state index in [1.54, 1.807) is 13.8 Å². The Morgan fingerprint density at radius 3 is 2.15 bits per heavy atom. The lowest BCUT2D eigenvalue weighted by atomic mass is 9.86. The first-order valence-electron chi connectivity index (χ1n) is 7.83. The molecule has 0 spiro atoms. The van der Waals surface area contributed by atoms with Crippen LogP contribution in [0.2, 0.25) is 0 Å². The number of ether oxygens (including phenoxy) is 3. The summed E-state index contributed by atoms with van der Waals surface area (Å²) in [5, 5.41) is 10.8. The van der Waals surface area contributed by atoms with Crippen LogP contribution in [0, 0.1) is 10.1 Å². The summed E-state index contributed by atoms with van der Waals surface area (Å²) < 4.78 is 15.1. The van der Waals surface area contributed by atoms with E-state index in [1.807, 2.05) is 0 Å². The predicted molar refractivity (Wildman–Crippen MR) is 86.8 cm³/mol. The van der Waals surface area contributed by atoms with Crippen LogP contribution in [0.15, 0.2) is 35.4 Å². The van der Waals surface area contributed by atoms with E-state index in [2.05, 4.69) is 0 Å². The smallest absolute Gasteiger partial charge is 0.347 e. The van der Waals surface area contributed by atoms with E-state index in [0.29, 0.717) is 0 Å². The minimum atomic E-state index is -1.64. The molecule has 0 bridgehead atoms. The SMILES string of the molecule is CCOC(=O)C1=C(C(=O)OCC)C(C)(c2ccc([N+](=O)[O-])cc2)OC1=O. The largest absolute Gasteiger partial charge is 0.462 e. The molecular formula is C17H17NO8. The van der Waals surface area contributed by atoms with E-state index in [1.165, 1.54) is 31.2 Å². The molecule has 138 valence electrons. The highest BCUT2D eigenvalue weighted by molar-refractivity contribution is 6.21. The topological polar surface area (TPSA) is 122 Å². The van der Waals surface area contributed by atoms with Gasteiger partial charge in [0.15, 0.2) is 11.2 Å². The normalized spacial score (nSPS) is 19.1.